The first kappa shape index (κ1) is 28.2. The number of esters is 1. The van der Waals surface area contributed by atoms with Crippen LogP contribution in [0.25, 0.3) is 0 Å². The third-order valence-electron chi connectivity index (χ3n) is 5.84. The van der Waals surface area contributed by atoms with Gasteiger partial charge in [0.15, 0.2) is 0 Å². The van der Waals surface area contributed by atoms with E-state index >= 15 is 0 Å². The van der Waals surface area contributed by atoms with Gasteiger partial charge in [0, 0.05) is 13.3 Å². The SMILES string of the molecule is CCC(CCCC(CCCCCCCCCCC(=O)O)OCc1ccccc1)OC(C)=O. The van der Waals surface area contributed by atoms with E-state index in [-0.39, 0.29) is 18.2 Å². The lowest BCUT2D eigenvalue weighted by atomic mass is 10.0. The normalized spacial score (nSPS) is 12.9. The number of aliphatic carboxylic acids is 1. The molecule has 32 heavy (non-hydrogen) atoms. The molecule has 0 spiro atoms. The van der Waals surface area contributed by atoms with Gasteiger partial charge in [0.05, 0.1) is 12.7 Å². The Kier molecular flexibility index (Phi) is 16.4. The summed E-state index contributed by atoms with van der Waals surface area (Å²) in [5.74, 6) is -0.888. The largest absolute Gasteiger partial charge is 0.481 e. The fourth-order valence-corrected chi connectivity index (χ4v) is 3.96. The Bertz CT molecular complexity index is 601. The van der Waals surface area contributed by atoms with Gasteiger partial charge in [-0.25, -0.2) is 0 Å². The van der Waals surface area contributed by atoms with Gasteiger partial charge in [-0.1, -0.05) is 82.2 Å². The highest BCUT2D eigenvalue weighted by Crippen LogP contribution is 2.19. The summed E-state index contributed by atoms with van der Waals surface area (Å²) in [6.45, 7) is 4.18. The molecule has 0 amide bonds. The minimum atomic E-state index is -0.689. The van der Waals surface area contributed by atoms with E-state index in [9.17, 15) is 9.59 Å². The molecular weight excluding hydrogens is 404 g/mol. The first-order chi connectivity index (χ1) is 15.5. The molecule has 0 aromatic heterocycles. The maximum absolute atomic E-state index is 11.2. The van der Waals surface area contributed by atoms with Crippen molar-refractivity contribution in [3.8, 4) is 0 Å². The fourth-order valence-electron chi connectivity index (χ4n) is 3.96. The predicted molar refractivity (Wildman–Crippen MR) is 129 cm³/mol. The number of unbranched alkanes of at least 4 members (excludes halogenated alkanes) is 7. The number of hydrogen-bond acceptors (Lipinski definition) is 4. The van der Waals surface area contributed by atoms with E-state index in [0.29, 0.717) is 13.0 Å². The van der Waals surface area contributed by atoms with Crippen LogP contribution in [0.5, 0.6) is 0 Å². The molecule has 0 saturated carbocycles. The van der Waals surface area contributed by atoms with Crippen LogP contribution < -0.4 is 0 Å². The molecule has 2 unspecified atom stereocenters. The maximum atomic E-state index is 11.2. The molecule has 5 nitrogen and oxygen atoms in total. The molecule has 0 fully saturated rings. The van der Waals surface area contributed by atoms with Gasteiger partial charge in [-0.3, -0.25) is 9.59 Å². The second kappa shape index (κ2) is 18.7. The minimum Gasteiger partial charge on any atom is -0.481 e. The van der Waals surface area contributed by atoms with Crippen molar-refractivity contribution in [1.29, 1.82) is 0 Å². The molecule has 0 radical (unpaired) electrons. The smallest absolute Gasteiger partial charge is 0.303 e. The van der Waals surface area contributed by atoms with Crippen LogP contribution in [0.15, 0.2) is 30.3 Å². The third kappa shape index (κ3) is 15.9. The quantitative estimate of drug-likeness (QED) is 0.171. The molecule has 2 atom stereocenters. The minimum absolute atomic E-state index is 0.0118. The standard InChI is InChI=1S/C27H44O5/c1-3-25(32-23(2)28)19-15-20-26(31-22-24-16-11-10-12-17-24)18-13-8-6-4-5-7-9-14-21-27(29)30/h10-12,16-17,25-26H,3-9,13-15,18-22H2,1-2H3,(H,29,30). The summed E-state index contributed by atoms with van der Waals surface area (Å²) in [4.78, 5) is 21.7. The molecule has 0 aliphatic rings. The third-order valence-corrected chi connectivity index (χ3v) is 5.84. The average Bonchev–Trinajstić information content (AvgIpc) is 2.77. The molecule has 1 aromatic rings. The van der Waals surface area contributed by atoms with Crippen molar-refractivity contribution in [2.24, 2.45) is 0 Å². The van der Waals surface area contributed by atoms with Crippen molar-refractivity contribution in [1.82, 2.24) is 0 Å². The van der Waals surface area contributed by atoms with Crippen molar-refractivity contribution < 1.29 is 24.2 Å². The van der Waals surface area contributed by atoms with Crippen LogP contribution in [-0.4, -0.2) is 29.3 Å². The fraction of sp³-hybridized carbons (Fsp3) is 0.704. The summed E-state index contributed by atoms with van der Waals surface area (Å²) in [6.07, 6.45) is 14.3. The molecule has 5 heteroatoms. The molecule has 1 rings (SSSR count). The monoisotopic (exact) mass is 448 g/mol. The van der Waals surface area contributed by atoms with Crippen LogP contribution in [0, 0.1) is 0 Å². The molecular formula is C27H44O5. The number of carbonyl (C=O) groups excluding carboxylic acids is 1. The Morgan fingerprint density at radius 3 is 1.97 bits per heavy atom. The zero-order valence-electron chi connectivity index (χ0n) is 20.2. The number of benzene rings is 1. The van der Waals surface area contributed by atoms with Crippen LogP contribution in [0.2, 0.25) is 0 Å². The van der Waals surface area contributed by atoms with Crippen LogP contribution in [0.3, 0.4) is 0 Å². The summed E-state index contributed by atoms with van der Waals surface area (Å²) < 4.78 is 11.6. The van der Waals surface area contributed by atoms with E-state index < -0.39 is 5.97 Å². The summed E-state index contributed by atoms with van der Waals surface area (Å²) in [6, 6.07) is 10.3. The number of carboxylic acid groups (broad SMARTS) is 1. The molecule has 182 valence electrons. The van der Waals surface area contributed by atoms with Gasteiger partial charge in [-0.2, -0.15) is 0 Å². The summed E-state index contributed by atoms with van der Waals surface area (Å²) >= 11 is 0. The number of ether oxygens (including phenoxy) is 2. The Morgan fingerprint density at radius 2 is 1.38 bits per heavy atom. The maximum Gasteiger partial charge on any atom is 0.303 e. The number of hydrogen-bond donors (Lipinski definition) is 1. The van der Waals surface area contributed by atoms with Crippen LogP contribution in [-0.2, 0) is 25.7 Å². The van der Waals surface area contributed by atoms with E-state index in [2.05, 4.69) is 19.1 Å². The van der Waals surface area contributed by atoms with Crippen molar-refractivity contribution in [2.45, 2.75) is 123 Å². The highest BCUT2D eigenvalue weighted by atomic mass is 16.5. The van der Waals surface area contributed by atoms with Gasteiger partial charge in [0.2, 0.25) is 0 Å². The molecule has 0 heterocycles. The highest BCUT2D eigenvalue weighted by Gasteiger charge is 2.13. The second-order valence-electron chi connectivity index (χ2n) is 8.75. The number of rotatable bonds is 20. The lowest BCUT2D eigenvalue weighted by molar-refractivity contribution is -0.147. The van der Waals surface area contributed by atoms with Crippen molar-refractivity contribution in [3.63, 3.8) is 0 Å². The van der Waals surface area contributed by atoms with E-state index in [4.69, 9.17) is 14.6 Å². The van der Waals surface area contributed by atoms with Gasteiger partial charge in [-0.05, 0) is 44.1 Å². The topological polar surface area (TPSA) is 72.8 Å². The van der Waals surface area contributed by atoms with E-state index in [1.54, 1.807) is 0 Å². The van der Waals surface area contributed by atoms with Gasteiger partial charge < -0.3 is 14.6 Å². The highest BCUT2D eigenvalue weighted by molar-refractivity contribution is 5.66. The Morgan fingerprint density at radius 1 is 0.812 bits per heavy atom. The number of carboxylic acids is 1. The van der Waals surface area contributed by atoms with Crippen LogP contribution in [0.1, 0.15) is 109 Å². The van der Waals surface area contributed by atoms with Crippen molar-refractivity contribution >= 4 is 11.9 Å². The molecule has 0 aliphatic carbocycles. The summed E-state index contributed by atoms with van der Waals surface area (Å²) in [5, 5.41) is 8.66. The lowest BCUT2D eigenvalue weighted by Crippen LogP contribution is -2.18. The second-order valence-corrected chi connectivity index (χ2v) is 8.75. The Hall–Kier alpha value is -1.88. The lowest BCUT2D eigenvalue weighted by Gasteiger charge is -2.20. The van der Waals surface area contributed by atoms with Gasteiger partial charge >= 0.3 is 11.9 Å². The van der Waals surface area contributed by atoms with Gasteiger partial charge in [-0.15, -0.1) is 0 Å². The zero-order valence-corrected chi connectivity index (χ0v) is 20.2. The molecule has 0 aliphatic heterocycles. The van der Waals surface area contributed by atoms with E-state index in [1.165, 1.54) is 44.6 Å². The van der Waals surface area contributed by atoms with Crippen molar-refractivity contribution in [3.05, 3.63) is 35.9 Å². The summed E-state index contributed by atoms with van der Waals surface area (Å²) in [5.41, 5.74) is 1.20. The van der Waals surface area contributed by atoms with Gasteiger partial charge in [0.25, 0.3) is 0 Å². The zero-order chi connectivity index (χ0) is 23.4. The van der Waals surface area contributed by atoms with E-state index in [1.807, 2.05) is 18.2 Å². The predicted octanol–water partition coefficient (Wildman–Crippen LogP) is 7.07. The average molecular weight is 449 g/mol. The Balaban J connectivity index is 2.26. The summed E-state index contributed by atoms with van der Waals surface area (Å²) in [7, 11) is 0. The van der Waals surface area contributed by atoms with Crippen LogP contribution in [0.4, 0.5) is 0 Å². The van der Waals surface area contributed by atoms with Crippen molar-refractivity contribution in [2.75, 3.05) is 0 Å². The molecule has 0 bridgehead atoms. The first-order valence-electron chi connectivity index (χ1n) is 12.6. The Labute approximate surface area is 194 Å². The first-order valence-corrected chi connectivity index (χ1v) is 12.6. The molecule has 1 aromatic carbocycles. The number of carbonyl (C=O) groups is 2. The van der Waals surface area contributed by atoms with Crippen LogP contribution >= 0.6 is 0 Å². The molecule has 0 saturated heterocycles. The molecule has 1 N–H and O–H groups in total. The van der Waals surface area contributed by atoms with Gasteiger partial charge in [0.1, 0.15) is 6.10 Å². The van der Waals surface area contributed by atoms with E-state index in [0.717, 1.165) is 51.4 Å².